The van der Waals surface area contributed by atoms with E-state index in [9.17, 15) is 40.7 Å². The van der Waals surface area contributed by atoms with Crippen molar-refractivity contribution in [1.82, 2.24) is 5.32 Å². The molecule has 1 atom stereocenters. The molecule has 1 amide bonds. The number of carbonyl (C=O) groups is 3. The van der Waals surface area contributed by atoms with Crippen LogP contribution < -0.4 is 5.32 Å². The molecule has 26 heavy (non-hydrogen) atoms. The topological polar surface area (TPSA) is 104 Å². The van der Waals surface area contributed by atoms with Crippen LogP contribution in [0.1, 0.15) is 16.8 Å². The first kappa shape index (κ1) is 21.3. The lowest BCUT2D eigenvalue weighted by Gasteiger charge is -2.40. The second-order valence-electron chi connectivity index (χ2n) is 5.15. The van der Waals surface area contributed by atoms with Gasteiger partial charge < -0.3 is 15.5 Å². The molecule has 0 aliphatic carbocycles. The summed E-state index contributed by atoms with van der Waals surface area (Å²) in [5.74, 6) is -6.77. The number of benzene rings is 1. The molecule has 0 bridgehead atoms. The zero-order chi connectivity index (χ0) is 20.3. The molecule has 12 heteroatoms. The van der Waals surface area contributed by atoms with Gasteiger partial charge in [-0.15, -0.1) is 0 Å². The highest BCUT2D eigenvalue weighted by molar-refractivity contribution is 5.97. The van der Waals surface area contributed by atoms with Gasteiger partial charge in [0.25, 0.3) is 5.91 Å². The van der Waals surface area contributed by atoms with E-state index in [0.29, 0.717) is 0 Å². The minimum absolute atomic E-state index is 0.410. The van der Waals surface area contributed by atoms with Gasteiger partial charge in [-0.3, -0.25) is 9.59 Å². The van der Waals surface area contributed by atoms with Crippen LogP contribution in [-0.4, -0.2) is 46.5 Å². The van der Waals surface area contributed by atoms with E-state index in [4.69, 9.17) is 10.2 Å². The summed E-state index contributed by atoms with van der Waals surface area (Å²) in [5.41, 5.74) is -5.64. The smallest absolute Gasteiger partial charge is 0.406 e. The van der Waals surface area contributed by atoms with Crippen LogP contribution >= 0.6 is 0 Å². The van der Waals surface area contributed by atoms with Crippen molar-refractivity contribution in [3.63, 3.8) is 0 Å². The number of nitrogens with one attached hydrogen (secondary N) is 1. The monoisotopic (exact) mass is 387 g/mol. The average molecular weight is 387 g/mol. The summed E-state index contributed by atoms with van der Waals surface area (Å²) < 4.78 is 79.8. The maximum absolute atomic E-state index is 13.3. The Bertz CT molecular complexity index is 671. The third-order valence-corrected chi connectivity index (χ3v) is 3.49. The first-order valence-corrected chi connectivity index (χ1v) is 6.68. The van der Waals surface area contributed by atoms with Crippen LogP contribution in [0, 0.1) is 5.41 Å². The van der Waals surface area contributed by atoms with E-state index in [1.165, 1.54) is 18.2 Å². The Morgan fingerprint density at radius 3 is 1.73 bits per heavy atom. The van der Waals surface area contributed by atoms with Crippen molar-refractivity contribution in [3.8, 4) is 0 Å². The molecule has 0 aliphatic rings. The molecule has 0 saturated carbocycles. The van der Waals surface area contributed by atoms with E-state index in [1.54, 1.807) is 0 Å². The third-order valence-electron chi connectivity index (χ3n) is 3.49. The van der Waals surface area contributed by atoms with E-state index in [0.717, 1.165) is 17.4 Å². The lowest BCUT2D eigenvalue weighted by atomic mass is 9.75. The van der Waals surface area contributed by atoms with Gasteiger partial charge in [-0.1, -0.05) is 18.2 Å². The number of hydrogen-bond acceptors (Lipinski definition) is 3. The first-order chi connectivity index (χ1) is 11.7. The van der Waals surface area contributed by atoms with Crippen molar-refractivity contribution in [2.45, 2.75) is 24.8 Å². The number of carbonyl (C=O) groups excluding carboxylic acids is 1. The number of carboxylic acid groups (broad SMARTS) is 2. The largest absolute Gasteiger partial charge is 0.481 e. The van der Waals surface area contributed by atoms with Gasteiger partial charge in [0.2, 0.25) is 5.41 Å². The molecule has 0 heterocycles. The minimum Gasteiger partial charge on any atom is -0.481 e. The number of halogens is 6. The van der Waals surface area contributed by atoms with Crippen LogP contribution in [0.15, 0.2) is 30.3 Å². The molecule has 0 fully saturated rings. The van der Waals surface area contributed by atoms with E-state index < -0.39 is 53.6 Å². The fourth-order valence-electron chi connectivity index (χ4n) is 2.23. The normalized spacial score (nSPS) is 13.8. The second kappa shape index (κ2) is 7.22. The van der Waals surface area contributed by atoms with Crippen molar-refractivity contribution in [3.05, 3.63) is 35.9 Å². The highest BCUT2D eigenvalue weighted by Gasteiger charge is 2.77. The number of hydrogen-bond donors (Lipinski definition) is 3. The van der Waals surface area contributed by atoms with Crippen molar-refractivity contribution < 1.29 is 50.9 Å². The summed E-state index contributed by atoms with van der Waals surface area (Å²) in [6.45, 7) is 0. The Labute approximate surface area is 141 Å². The van der Waals surface area contributed by atoms with E-state index in [-0.39, 0.29) is 0 Å². The molecule has 3 N–H and O–H groups in total. The fourth-order valence-corrected chi connectivity index (χ4v) is 2.23. The Balaban J connectivity index is 3.53. The predicted octanol–water partition coefficient (Wildman–Crippen LogP) is 2.46. The number of carboxylic acids is 2. The molecule has 0 radical (unpaired) electrons. The maximum Gasteiger partial charge on any atom is 0.406 e. The van der Waals surface area contributed by atoms with Crippen molar-refractivity contribution >= 4 is 17.8 Å². The van der Waals surface area contributed by atoms with Crippen LogP contribution in [0.5, 0.6) is 0 Å². The molecule has 0 unspecified atom stereocenters. The SMILES string of the molecule is O=C(O)CC([C@H](NC(=O)c1ccccc1)C(=O)O)(C(F)(F)F)C(F)(F)F. The summed E-state index contributed by atoms with van der Waals surface area (Å²) in [6, 6.07) is 2.30. The van der Waals surface area contributed by atoms with Gasteiger partial charge in [-0.25, -0.2) is 4.79 Å². The number of amides is 1. The zero-order valence-electron chi connectivity index (χ0n) is 12.6. The molecule has 1 aromatic rings. The van der Waals surface area contributed by atoms with Gasteiger partial charge in [0.05, 0.1) is 6.42 Å². The van der Waals surface area contributed by atoms with Crippen molar-refractivity contribution in [1.29, 1.82) is 0 Å². The van der Waals surface area contributed by atoms with Crippen LogP contribution in [0.2, 0.25) is 0 Å². The lowest BCUT2D eigenvalue weighted by molar-refractivity contribution is -0.348. The van der Waals surface area contributed by atoms with Crippen molar-refractivity contribution in [2.75, 3.05) is 0 Å². The predicted molar refractivity (Wildman–Crippen MR) is 72.1 cm³/mol. The Kier molecular flexibility index (Phi) is 5.90. The Hall–Kier alpha value is -2.79. The van der Waals surface area contributed by atoms with Crippen LogP contribution in [0.3, 0.4) is 0 Å². The fraction of sp³-hybridized carbons (Fsp3) is 0.357. The number of aliphatic carboxylic acids is 2. The quantitative estimate of drug-likeness (QED) is 0.651. The van der Waals surface area contributed by atoms with Crippen LogP contribution in [0.4, 0.5) is 26.3 Å². The molecule has 144 valence electrons. The number of rotatable bonds is 6. The van der Waals surface area contributed by atoms with Crippen LogP contribution in [-0.2, 0) is 9.59 Å². The van der Waals surface area contributed by atoms with Gasteiger partial charge in [-0.2, -0.15) is 26.3 Å². The molecular formula is C14H11F6NO5. The zero-order valence-corrected chi connectivity index (χ0v) is 12.6. The van der Waals surface area contributed by atoms with Crippen molar-refractivity contribution in [2.24, 2.45) is 5.41 Å². The van der Waals surface area contributed by atoms with Gasteiger partial charge in [-0.05, 0) is 12.1 Å². The third kappa shape index (κ3) is 4.06. The molecule has 0 aromatic heterocycles. The van der Waals surface area contributed by atoms with Gasteiger partial charge in [0.15, 0.2) is 6.04 Å². The molecule has 0 spiro atoms. The molecule has 0 aliphatic heterocycles. The van der Waals surface area contributed by atoms with Gasteiger partial charge >= 0.3 is 24.3 Å². The van der Waals surface area contributed by atoms with Gasteiger partial charge in [0.1, 0.15) is 0 Å². The van der Waals surface area contributed by atoms with E-state index >= 15 is 0 Å². The molecule has 1 rings (SSSR count). The Morgan fingerprint density at radius 1 is 0.923 bits per heavy atom. The van der Waals surface area contributed by atoms with Gasteiger partial charge in [0, 0.05) is 5.56 Å². The second-order valence-corrected chi connectivity index (χ2v) is 5.15. The average Bonchev–Trinajstić information content (AvgIpc) is 2.48. The van der Waals surface area contributed by atoms with E-state index in [2.05, 4.69) is 0 Å². The minimum atomic E-state index is -6.34. The summed E-state index contributed by atoms with van der Waals surface area (Å²) in [5, 5.41) is 18.6. The first-order valence-electron chi connectivity index (χ1n) is 6.68. The van der Waals surface area contributed by atoms with E-state index in [1.807, 2.05) is 0 Å². The lowest BCUT2D eigenvalue weighted by Crippen LogP contribution is -2.66. The van der Waals surface area contributed by atoms with Crippen LogP contribution in [0.25, 0.3) is 0 Å². The molecule has 6 nitrogen and oxygen atoms in total. The Morgan fingerprint density at radius 2 is 1.38 bits per heavy atom. The summed E-state index contributed by atoms with van der Waals surface area (Å²) >= 11 is 0. The molecular weight excluding hydrogens is 376 g/mol. The highest BCUT2D eigenvalue weighted by atomic mass is 19.4. The molecule has 0 saturated heterocycles. The summed E-state index contributed by atoms with van der Waals surface area (Å²) in [4.78, 5) is 33.8. The number of alkyl halides is 6. The maximum atomic E-state index is 13.3. The summed E-state index contributed by atoms with van der Waals surface area (Å²) in [7, 11) is 0. The highest BCUT2D eigenvalue weighted by Crippen LogP contribution is 2.55. The standard InChI is InChI=1S/C14H11F6NO5/c15-13(16,17)12(6-8(22)23,14(18,19)20)9(11(25)26)21-10(24)7-4-2-1-3-5-7/h1-5,9H,6H2,(H,21,24)(H,22,23)(H,25,26)/t9-/m1/s1. The molecule has 1 aromatic carbocycles. The summed E-state index contributed by atoms with van der Waals surface area (Å²) in [6.07, 6.45) is -15.3.